The van der Waals surface area contributed by atoms with Gasteiger partial charge in [-0.3, -0.25) is 0 Å². The number of nitrogens with one attached hydrogen (secondary N) is 1. The van der Waals surface area contributed by atoms with E-state index in [-0.39, 0.29) is 0 Å². The number of rotatable bonds is 5. The smallest absolute Gasteiger partial charge is 0.404 e. The van der Waals surface area contributed by atoms with E-state index in [2.05, 4.69) is 21.2 Å². The molecule has 0 heterocycles. The van der Waals surface area contributed by atoms with E-state index in [1.807, 2.05) is 24.3 Å². The zero-order valence-electron chi connectivity index (χ0n) is 8.07. The number of halogens is 1. The van der Waals surface area contributed by atoms with Crippen LogP contribution in [0.5, 0.6) is 5.75 Å². The van der Waals surface area contributed by atoms with Gasteiger partial charge in [0, 0.05) is 11.0 Å². The number of amides is 1. The minimum Gasteiger partial charge on any atom is -0.493 e. The van der Waals surface area contributed by atoms with Crippen molar-refractivity contribution >= 4 is 22.0 Å². The lowest BCUT2D eigenvalue weighted by Crippen LogP contribution is -2.23. The van der Waals surface area contributed by atoms with Crippen LogP contribution in [0.15, 0.2) is 28.7 Å². The molecule has 0 bridgehead atoms. The fraction of sp³-hybridized carbons (Fsp3) is 0.300. The van der Waals surface area contributed by atoms with E-state index >= 15 is 0 Å². The van der Waals surface area contributed by atoms with Crippen molar-refractivity contribution in [2.24, 2.45) is 0 Å². The number of hydrogen-bond acceptors (Lipinski definition) is 2. The summed E-state index contributed by atoms with van der Waals surface area (Å²) >= 11 is 3.33. The predicted octanol–water partition coefficient (Wildman–Crippen LogP) is 2.49. The molecule has 1 aromatic rings. The molecule has 2 N–H and O–H groups in total. The quantitative estimate of drug-likeness (QED) is 0.811. The van der Waals surface area contributed by atoms with Crippen LogP contribution in [0, 0.1) is 0 Å². The van der Waals surface area contributed by atoms with Gasteiger partial charge in [0.15, 0.2) is 0 Å². The van der Waals surface area contributed by atoms with Gasteiger partial charge in [-0.05, 0) is 24.6 Å². The van der Waals surface area contributed by atoms with E-state index in [0.717, 1.165) is 10.2 Å². The van der Waals surface area contributed by atoms with Gasteiger partial charge in [-0.25, -0.2) is 4.79 Å². The van der Waals surface area contributed by atoms with Crippen LogP contribution < -0.4 is 10.1 Å². The van der Waals surface area contributed by atoms with Gasteiger partial charge in [0.1, 0.15) is 5.75 Å². The lowest BCUT2D eigenvalue weighted by molar-refractivity contribution is 0.193. The predicted molar refractivity (Wildman–Crippen MR) is 60.3 cm³/mol. The summed E-state index contributed by atoms with van der Waals surface area (Å²) in [4.78, 5) is 10.1. The van der Waals surface area contributed by atoms with Crippen LogP contribution in [-0.4, -0.2) is 24.4 Å². The summed E-state index contributed by atoms with van der Waals surface area (Å²) in [5.41, 5.74) is 0. The number of carboxylic acid groups (broad SMARTS) is 1. The Kier molecular flexibility index (Phi) is 4.97. The van der Waals surface area contributed by atoms with Crippen molar-refractivity contribution in [3.8, 4) is 5.75 Å². The molecule has 0 unspecified atom stereocenters. The van der Waals surface area contributed by atoms with E-state index in [1.54, 1.807) is 0 Å². The number of hydrogen-bond donors (Lipinski definition) is 2. The molecular weight excluding hydrogens is 262 g/mol. The third-order valence-corrected chi connectivity index (χ3v) is 2.16. The summed E-state index contributed by atoms with van der Waals surface area (Å²) in [6.45, 7) is 0.903. The lowest BCUT2D eigenvalue weighted by Gasteiger charge is -2.06. The molecular formula is C10H12BrNO3. The third-order valence-electron chi connectivity index (χ3n) is 1.66. The maximum atomic E-state index is 10.1. The van der Waals surface area contributed by atoms with E-state index < -0.39 is 6.09 Å². The average Bonchev–Trinajstić information content (AvgIpc) is 2.17. The number of benzene rings is 1. The van der Waals surface area contributed by atoms with Gasteiger partial charge in [0.05, 0.1) is 6.61 Å². The van der Waals surface area contributed by atoms with Gasteiger partial charge < -0.3 is 15.2 Å². The summed E-state index contributed by atoms with van der Waals surface area (Å²) in [6.07, 6.45) is -0.351. The van der Waals surface area contributed by atoms with Crippen molar-refractivity contribution in [1.29, 1.82) is 0 Å². The Morgan fingerprint density at radius 1 is 1.53 bits per heavy atom. The molecule has 1 aromatic carbocycles. The summed E-state index contributed by atoms with van der Waals surface area (Å²) in [5.74, 6) is 0.778. The van der Waals surface area contributed by atoms with Gasteiger partial charge in [-0.1, -0.05) is 22.0 Å². The van der Waals surface area contributed by atoms with Gasteiger partial charge >= 0.3 is 6.09 Å². The minimum absolute atomic E-state index is 0.406. The van der Waals surface area contributed by atoms with Crippen LogP contribution in [0.1, 0.15) is 6.42 Å². The van der Waals surface area contributed by atoms with Crippen LogP contribution in [0.25, 0.3) is 0 Å². The van der Waals surface area contributed by atoms with Gasteiger partial charge in [0.2, 0.25) is 0 Å². The first kappa shape index (κ1) is 11.8. The maximum absolute atomic E-state index is 10.1. The highest BCUT2D eigenvalue weighted by molar-refractivity contribution is 9.10. The zero-order chi connectivity index (χ0) is 11.1. The number of carbonyl (C=O) groups is 1. The molecule has 4 nitrogen and oxygen atoms in total. The molecule has 0 aromatic heterocycles. The Labute approximate surface area is 96.4 Å². The first-order chi connectivity index (χ1) is 7.18. The van der Waals surface area contributed by atoms with Crippen molar-refractivity contribution < 1.29 is 14.6 Å². The highest BCUT2D eigenvalue weighted by Gasteiger charge is 1.96. The van der Waals surface area contributed by atoms with Crippen molar-refractivity contribution in [2.45, 2.75) is 6.42 Å². The SMILES string of the molecule is O=C(O)NCCCOc1cccc(Br)c1. The second-order valence-electron chi connectivity index (χ2n) is 2.89. The molecule has 0 aliphatic carbocycles. The Bertz CT molecular complexity index is 330. The molecule has 0 radical (unpaired) electrons. The van der Waals surface area contributed by atoms with Crippen LogP contribution in [0.4, 0.5) is 4.79 Å². The third kappa shape index (κ3) is 5.27. The molecule has 0 aliphatic heterocycles. The fourth-order valence-electron chi connectivity index (χ4n) is 1.01. The molecule has 82 valence electrons. The minimum atomic E-state index is -1.00. The molecule has 0 saturated heterocycles. The van der Waals surface area contributed by atoms with Gasteiger partial charge in [-0.15, -0.1) is 0 Å². The lowest BCUT2D eigenvalue weighted by atomic mass is 10.3. The van der Waals surface area contributed by atoms with E-state index in [4.69, 9.17) is 9.84 Å². The van der Waals surface area contributed by atoms with E-state index in [0.29, 0.717) is 19.6 Å². The van der Waals surface area contributed by atoms with Crippen LogP contribution in [0.3, 0.4) is 0 Å². The molecule has 0 atom stereocenters. The molecule has 0 fully saturated rings. The van der Waals surface area contributed by atoms with Crippen LogP contribution in [0.2, 0.25) is 0 Å². The van der Waals surface area contributed by atoms with Crippen molar-refractivity contribution in [2.75, 3.05) is 13.2 Å². The largest absolute Gasteiger partial charge is 0.493 e. The van der Waals surface area contributed by atoms with Crippen molar-refractivity contribution in [3.63, 3.8) is 0 Å². The van der Waals surface area contributed by atoms with Gasteiger partial charge in [0.25, 0.3) is 0 Å². The maximum Gasteiger partial charge on any atom is 0.404 e. The molecule has 15 heavy (non-hydrogen) atoms. The monoisotopic (exact) mass is 273 g/mol. The average molecular weight is 274 g/mol. The zero-order valence-corrected chi connectivity index (χ0v) is 9.66. The Morgan fingerprint density at radius 2 is 2.33 bits per heavy atom. The van der Waals surface area contributed by atoms with Gasteiger partial charge in [-0.2, -0.15) is 0 Å². The van der Waals surface area contributed by atoms with Crippen molar-refractivity contribution in [3.05, 3.63) is 28.7 Å². The van der Waals surface area contributed by atoms with E-state index in [1.165, 1.54) is 0 Å². The van der Waals surface area contributed by atoms with Crippen molar-refractivity contribution in [1.82, 2.24) is 5.32 Å². The van der Waals surface area contributed by atoms with Crippen LogP contribution >= 0.6 is 15.9 Å². The summed E-state index contributed by atoms with van der Waals surface area (Å²) in [5, 5.41) is 10.6. The number of ether oxygens (including phenoxy) is 1. The van der Waals surface area contributed by atoms with Crippen LogP contribution in [-0.2, 0) is 0 Å². The standard InChI is InChI=1S/C10H12BrNO3/c11-8-3-1-4-9(7-8)15-6-2-5-12-10(13)14/h1,3-4,7,12H,2,5-6H2,(H,13,14). The Morgan fingerprint density at radius 3 is 3.00 bits per heavy atom. The molecule has 0 aliphatic rings. The Hall–Kier alpha value is -1.23. The highest BCUT2D eigenvalue weighted by Crippen LogP contribution is 2.17. The second kappa shape index (κ2) is 6.29. The summed E-state index contributed by atoms with van der Waals surface area (Å²) in [6, 6.07) is 7.52. The topological polar surface area (TPSA) is 58.6 Å². The molecule has 1 rings (SSSR count). The first-order valence-corrected chi connectivity index (χ1v) is 5.33. The summed E-state index contributed by atoms with van der Waals surface area (Å²) in [7, 11) is 0. The first-order valence-electron chi connectivity index (χ1n) is 4.53. The van der Waals surface area contributed by atoms with E-state index in [9.17, 15) is 4.79 Å². The molecule has 0 saturated carbocycles. The fourth-order valence-corrected chi connectivity index (χ4v) is 1.39. The molecule has 0 spiro atoms. The highest BCUT2D eigenvalue weighted by atomic mass is 79.9. The normalized spacial score (nSPS) is 9.67. The molecule has 5 heteroatoms. The Balaban J connectivity index is 2.17. The second-order valence-corrected chi connectivity index (χ2v) is 3.81. The summed E-state index contributed by atoms with van der Waals surface area (Å²) < 4.78 is 6.37. The molecule has 1 amide bonds.